The van der Waals surface area contributed by atoms with Gasteiger partial charge in [-0.2, -0.15) is 0 Å². The van der Waals surface area contributed by atoms with E-state index in [-0.39, 0.29) is 6.61 Å². The Hall–Kier alpha value is -3.47. The molecule has 0 aliphatic carbocycles. The van der Waals surface area contributed by atoms with Crippen LogP contribution in [0.15, 0.2) is 72.8 Å². The van der Waals surface area contributed by atoms with Crippen LogP contribution in [-0.2, 0) is 11.3 Å². The Morgan fingerprint density at radius 3 is 2.40 bits per heavy atom. The predicted octanol–water partition coefficient (Wildman–Crippen LogP) is 4.27. The number of anilines is 3. The number of nitrogen functional groups attached to an aromatic ring is 2. The van der Waals surface area contributed by atoms with Crippen LogP contribution in [0.3, 0.4) is 0 Å². The average molecular weight is 333 g/mol. The summed E-state index contributed by atoms with van der Waals surface area (Å²) in [5.74, 6) is 0. The monoisotopic (exact) mass is 333 g/mol. The molecule has 0 radical (unpaired) electrons. The fraction of sp³-hybridized carbons (Fsp3) is 0.0500. The van der Waals surface area contributed by atoms with E-state index in [1.165, 1.54) is 0 Å². The zero-order chi connectivity index (χ0) is 17.6. The van der Waals surface area contributed by atoms with E-state index >= 15 is 0 Å². The number of amides is 1. The Bertz CT molecular complexity index is 879. The van der Waals surface area contributed by atoms with E-state index in [0.29, 0.717) is 17.1 Å². The van der Waals surface area contributed by atoms with Crippen LogP contribution in [0.4, 0.5) is 21.9 Å². The van der Waals surface area contributed by atoms with Crippen LogP contribution in [0.25, 0.3) is 11.1 Å². The third-order valence-electron chi connectivity index (χ3n) is 3.69. The Kier molecular flexibility index (Phi) is 4.85. The minimum Gasteiger partial charge on any atom is -0.444 e. The standard InChI is InChI=1S/C20H19N3O2/c21-16-8-4-7-15(11-16)18-12-17(22)9-10-19(18)23-20(24)25-13-14-5-2-1-3-6-14/h1-12H,13,21-22H2,(H,23,24). The average Bonchev–Trinajstić information content (AvgIpc) is 2.62. The summed E-state index contributed by atoms with van der Waals surface area (Å²) in [6.45, 7) is 0.204. The van der Waals surface area contributed by atoms with Crippen molar-refractivity contribution in [3.8, 4) is 11.1 Å². The van der Waals surface area contributed by atoms with Gasteiger partial charge in [0.05, 0.1) is 5.69 Å². The Labute approximate surface area is 146 Å². The Balaban J connectivity index is 1.77. The van der Waals surface area contributed by atoms with Gasteiger partial charge in [0.1, 0.15) is 6.61 Å². The molecule has 3 aromatic carbocycles. The fourth-order valence-corrected chi connectivity index (χ4v) is 2.49. The van der Waals surface area contributed by atoms with Gasteiger partial charge in [0, 0.05) is 16.9 Å². The summed E-state index contributed by atoms with van der Waals surface area (Å²) >= 11 is 0. The van der Waals surface area contributed by atoms with E-state index in [1.807, 2.05) is 48.5 Å². The minimum atomic E-state index is -0.529. The maximum atomic E-state index is 12.1. The highest BCUT2D eigenvalue weighted by Crippen LogP contribution is 2.31. The first-order valence-electron chi connectivity index (χ1n) is 7.85. The molecule has 0 aliphatic heterocycles. The first-order valence-corrected chi connectivity index (χ1v) is 7.85. The van der Waals surface area contributed by atoms with Gasteiger partial charge in [0.25, 0.3) is 0 Å². The van der Waals surface area contributed by atoms with Crippen molar-refractivity contribution >= 4 is 23.2 Å². The summed E-state index contributed by atoms with van der Waals surface area (Å²) in [6.07, 6.45) is -0.529. The number of carbonyl (C=O) groups is 1. The van der Waals surface area contributed by atoms with E-state index in [0.717, 1.165) is 16.7 Å². The third kappa shape index (κ3) is 4.29. The van der Waals surface area contributed by atoms with Crippen molar-refractivity contribution in [2.45, 2.75) is 6.61 Å². The summed E-state index contributed by atoms with van der Waals surface area (Å²) in [4.78, 5) is 12.1. The Morgan fingerprint density at radius 1 is 0.880 bits per heavy atom. The van der Waals surface area contributed by atoms with Gasteiger partial charge in [0.15, 0.2) is 0 Å². The molecule has 0 saturated carbocycles. The SMILES string of the molecule is Nc1cccc(-c2cc(N)ccc2NC(=O)OCc2ccccc2)c1. The van der Waals surface area contributed by atoms with Crippen molar-refractivity contribution in [2.75, 3.05) is 16.8 Å². The number of nitrogens with one attached hydrogen (secondary N) is 1. The molecule has 0 atom stereocenters. The van der Waals surface area contributed by atoms with Crippen LogP contribution in [0, 0.1) is 0 Å². The highest BCUT2D eigenvalue weighted by Gasteiger charge is 2.10. The maximum absolute atomic E-state index is 12.1. The molecule has 0 spiro atoms. The molecule has 126 valence electrons. The molecule has 3 aromatic rings. The molecular formula is C20H19N3O2. The number of benzene rings is 3. The smallest absolute Gasteiger partial charge is 0.411 e. The van der Waals surface area contributed by atoms with E-state index in [4.69, 9.17) is 16.2 Å². The van der Waals surface area contributed by atoms with Gasteiger partial charge < -0.3 is 16.2 Å². The molecule has 0 aromatic heterocycles. The number of nitrogens with two attached hydrogens (primary N) is 2. The van der Waals surface area contributed by atoms with Gasteiger partial charge in [-0.25, -0.2) is 4.79 Å². The molecule has 1 amide bonds. The molecule has 5 N–H and O–H groups in total. The Morgan fingerprint density at radius 2 is 1.64 bits per heavy atom. The molecule has 25 heavy (non-hydrogen) atoms. The summed E-state index contributed by atoms with van der Waals surface area (Å²) in [5, 5.41) is 2.77. The maximum Gasteiger partial charge on any atom is 0.411 e. The highest BCUT2D eigenvalue weighted by atomic mass is 16.5. The topological polar surface area (TPSA) is 90.4 Å². The van der Waals surface area contributed by atoms with E-state index in [9.17, 15) is 4.79 Å². The number of hydrogen-bond donors (Lipinski definition) is 3. The summed E-state index contributed by atoms with van der Waals surface area (Å²) in [7, 11) is 0. The largest absolute Gasteiger partial charge is 0.444 e. The van der Waals surface area contributed by atoms with Gasteiger partial charge in [-0.3, -0.25) is 5.32 Å². The normalized spacial score (nSPS) is 10.2. The van der Waals surface area contributed by atoms with Gasteiger partial charge in [-0.1, -0.05) is 42.5 Å². The van der Waals surface area contributed by atoms with Crippen LogP contribution < -0.4 is 16.8 Å². The molecule has 5 heteroatoms. The van der Waals surface area contributed by atoms with Crippen molar-refractivity contribution in [1.29, 1.82) is 0 Å². The number of carbonyl (C=O) groups excluding carboxylic acids is 1. The molecule has 5 nitrogen and oxygen atoms in total. The lowest BCUT2D eigenvalue weighted by Crippen LogP contribution is -2.14. The lowest BCUT2D eigenvalue weighted by atomic mass is 10.0. The van der Waals surface area contributed by atoms with Crippen LogP contribution >= 0.6 is 0 Å². The number of ether oxygens (including phenoxy) is 1. The van der Waals surface area contributed by atoms with Gasteiger partial charge in [0.2, 0.25) is 0 Å². The summed E-state index contributed by atoms with van der Waals surface area (Å²) < 4.78 is 5.27. The van der Waals surface area contributed by atoms with Crippen molar-refractivity contribution < 1.29 is 9.53 Å². The van der Waals surface area contributed by atoms with Crippen LogP contribution in [-0.4, -0.2) is 6.09 Å². The van der Waals surface area contributed by atoms with E-state index < -0.39 is 6.09 Å². The first kappa shape index (κ1) is 16.4. The molecular weight excluding hydrogens is 314 g/mol. The second kappa shape index (κ2) is 7.40. The van der Waals surface area contributed by atoms with E-state index in [1.54, 1.807) is 24.3 Å². The van der Waals surface area contributed by atoms with Gasteiger partial charge in [-0.15, -0.1) is 0 Å². The van der Waals surface area contributed by atoms with Crippen molar-refractivity contribution in [2.24, 2.45) is 0 Å². The molecule has 0 bridgehead atoms. The molecule has 0 aliphatic rings. The third-order valence-corrected chi connectivity index (χ3v) is 3.69. The van der Waals surface area contributed by atoms with Gasteiger partial charge in [-0.05, 0) is 41.5 Å². The second-order valence-electron chi connectivity index (χ2n) is 5.62. The molecule has 3 rings (SSSR count). The summed E-state index contributed by atoms with van der Waals surface area (Å²) in [5.41, 5.74) is 16.2. The second-order valence-corrected chi connectivity index (χ2v) is 5.62. The lowest BCUT2D eigenvalue weighted by Gasteiger charge is -2.13. The molecule has 0 saturated heterocycles. The quantitative estimate of drug-likeness (QED) is 0.622. The van der Waals surface area contributed by atoms with Crippen molar-refractivity contribution in [1.82, 2.24) is 0 Å². The highest BCUT2D eigenvalue weighted by molar-refractivity contribution is 5.92. The molecule has 0 heterocycles. The first-order chi connectivity index (χ1) is 12.1. The predicted molar refractivity (Wildman–Crippen MR) is 101 cm³/mol. The fourth-order valence-electron chi connectivity index (χ4n) is 2.49. The minimum absolute atomic E-state index is 0.204. The van der Waals surface area contributed by atoms with E-state index in [2.05, 4.69) is 5.32 Å². The zero-order valence-corrected chi connectivity index (χ0v) is 13.6. The summed E-state index contributed by atoms with van der Waals surface area (Å²) in [6, 6.07) is 22.2. The van der Waals surface area contributed by atoms with Crippen LogP contribution in [0.1, 0.15) is 5.56 Å². The van der Waals surface area contributed by atoms with Crippen LogP contribution in [0.5, 0.6) is 0 Å². The van der Waals surface area contributed by atoms with Gasteiger partial charge >= 0.3 is 6.09 Å². The lowest BCUT2D eigenvalue weighted by molar-refractivity contribution is 0.155. The zero-order valence-electron chi connectivity index (χ0n) is 13.6. The van der Waals surface area contributed by atoms with Crippen molar-refractivity contribution in [3.63, 3.8) is 0 Å². The number of hydrogen-bond acceptors (Lipinski definition) is 4. The number of rotatable bonds is 4. The van der Waals surface area contributed by atoms with Crippen LogP contribution in [0.2, 0.25) is 0 Å². The molecule has 0 fully saturated rings. The molecule has 0 unspecified atom stereocenters. The van der Waals surface area contributed by atoms with Crippen molar-refractivity contribution in [3.05, 3.63) is 78.4 Å².